The smallest absolute Gasteiger partial charge is 0.255 e. The second-order valence-electron chi connectivity index (χ2n) is 9.60. The van der Waals surface area contributed by atoms with Crippen LogP contribution in [-0.4, -0.2) is 47.3 Å². The van der Waals surface area contributed by atoms with Crippen molar-refractivity contribution >= 4 is 17.5 Å². The highest BCUT2D eigenvalue weighted by molar-refractivity contribution is 6.05. The molecule has 6 heteroatoms. The number of nitrogens with one attached hydrogen (secondary N) is 1. The van der Waals surface area contributed by atoms with E-state index in [-0.39, 0.29) is 23.7 Å². The van der Waals surface area contributed by atoms with Crippen LogP contribution in [0.3, 0.4) is 0 Å². The quantitative estimate of drug-likeness (QED) is 0.702. The Labute approximate surface area is 196 Å². The molecule has 1 N–H and O–H groups in total. The summed E-state index contributed by atoms with van der Waals surface area (Å²) < 4.78 is 14.5. The molecule has 2 aromatic rings. The van der Waals surface area contributed by atoms with Gasteiger partial charge in [-0.15, -0.1) is 0 Å². The van der Waals surface area contributed by atoms with Gasteiger partial charge in [-0.2, -0.15) is 0 Å². The van der Waals surface area contributed by atoms with Crippen LogP contribution in [0.25, 0.3) is 0 Å². The Balaban J connectivity index is 1.43. The Kier molecular flexibility index (Phi) is 7.13. The van der Waals surface area contributed by atoms with Crippen molar-refractivity contribution in [2.24, 2.45) is 5.92 Å². The van der Waals surface area contributed by atoms with Gasteiger partial charge in [-0.3, -0.25) is 14.5 Å². The number of nitrogens with zero attached hydrogens (tertiary/aromatic N) is 2. The molecular weight excluding hydrogens is 417 g/mol. The summed E-state index contributed by atoms with van der Waals surface area (Å²) in [6.45, 7) is 8.74. The lowest BCUT2D eigenvalue weighted by Gasteiger charge is -2.41. The molecule has 0 aromatic heterocycles. The van der Waals surface area contributed by atoms with Gasteiger partial charge in [-0.1, -0.05) is 31.0 Å². The molecule has 2 fully saturated rings. The van der Waals surface area contributed by atoms with Gasteiger partial charge in [0, 0.05) is 49.4 Å². The zero-order valence-corrected chi connectivity index (χ0v) is 19.9. The fourth-order valence-electron chi connectivity index (χ4n) is 5.20. The number of hydrogen-bond donors (Lipinski definition) is 1. The Morgan fingerprint density at radius 2 is 1.82 bits per heavy atom. The van der Waals surface area contributed by atoms with Crippen LogP contribution in [0.5, 0.6) is 0 Å². The van der Waals surface area contributed by atoms with Crippen LogP contribution in [-0.2, 0) is 11.3 Å². The van der Waals surface area contributed by atoms with Gasteiger partial charge in [-0.25, -0.2) is 4.39 Å². The molecule has 1 aliphatic heterocycles. The van der Waals surface area contributed by atoms with E-state index >= 15 is 0 Å². The average Bonchev–Trinajstić information content (AvgIpc) is 3.32. The Morgan fingerprint density at radius 1 is 1.09 bits per heavy atom. The predicted octanol–water partition coefficient (Wildman–Crippen LogP) is 4.92. The van der Waals surface area contributed by atoms with Crippen molar-refractivity contribution in [3.63, 3.8) is 0 Å². The number of halogens is 1. The lowest BCUT2D eigenvalue weighted by atomic mass is 10.0. The van der Waals surface area contributed by atoms with E-state index in [1.807, 2.05) is 36.9 Å². The topological polar surface area (TPSA) is 52.7 Å². The maximum absolute atomic E-state index is 14.5. The lowest BCUT2D eigenvalue weighted by Crippen LogP contribution is -2.54. The number of rotatable bonds is 5. The van der Waals surface area contributed by atoms with E-state index in [9.17, 15) is 14.0 Å². The van der Waals surface area contributed by atoms with Crippen LogP contribution >= 0.6 is 0 Å². The summed E-state index contributed by atoms with van der Waals surface area (Å²) in [7, 11) is 0. The standard InChI is InChI=1S/C27H34FN3O2/c1-18-8-4-7-11-24(18)26(32)29-25-15-23(28)14-22(20(25)3)17-30-12-13-31(19(2)16-30)27(33)21-9-5-6-10-21/h4,7-8,11,14-15,19,21H,5-6,9-10,12-13,16-17H2,1-3H3,(H,29,32)/t19-/m0/s1. The lowest BCUT2D eigenvalue weighted by molar-refractivity contribution is -0.140. The predicted molar refractivity (Wildman–Crippen MR) is 129 cm³/mol. The normalized spacial score (nSPS) is 19.6. The molecule has 1 aliphatic carbocycles. The third-order valence-corrected chi connectivity index (χ3v) is 7.21. The van der Waals surface area contributed by atoms with Crippen molar-refractivity contribution in [2.75, 3.05) is 25.0 Å². The van der Waals surface area contributed by atoms with Gasteiger partial charge in [0.25, 0.3) is 5.91 Å². The van der Waals surface area contributed by atoms with E-state index in [0.29, 0.717) is 30.2 Å². The molecule has 1 atom stereocenters. The highest BCUT2D eigenvalue weighted by Gasteiger charge is 2.33. The van der Waals surface area contributed by atoms with Crippen LogP contribution < -0.4 is 5.32 Å². The fourth-order valence-corrected chi connectivity index (χ4v) is 5.20. The van der Waals surface area contributed by atoms with Gasteiger partial charge in [0.15, 0.2) is 0 Å². The van der Waals surface area contributed by atoms with E-state index in [0.717, 1.165) is 55.5 Å². The first-order valence-corrected chi connectivity index (χ1v) is 12.0. The van der Waals surface area contributed by atoms with E-state index in [2.05, 4.69) is 17.1 Å². The third-order valence-electron chi connectivity index (χ3n) is 7.21. The molecule has 0 unspecified atom stereocenters. The minimum absolute atomic E-state index is 0.140. The number of aryl methyl sites for hydroxylation is 1. The summed E-state index contributed by atoms with van der Waals surface area (Å²) in [5, 5.41) is 2.90. The molecule has 1 saturated carbocycles. The molecule has 2 aromatic carbocycles. The van der Waals surface area contributed by atoms with E-state index in [1.165, 1.54) is 6.07 Å². The first-order chi connectivity index (χ1) is 15.8. The Morgan fingerprint density at radius 3 is 2.52 bits per heavy atom. The summed E-state index contributed by atoms with van der Waals surface area (Å²) in [5.41, 5.74) is 3.69. The second-order valence-corrected chi connectivity index (χ2v) is 9.60. The minimum atomic E-state index is -0.362. The molecule has 4 rings (SSSR count). The third kappa shape index (κ3) is 5.27. The van der Waals surface area contributed by atoms with E-state index in [4.69, 9.17) is 0 Å². The second kappa shape index (κ2) is 10.0. The molecule has 5 nitrogen and oxygen atoms in total. The maximum atomic E-state index is 14.5. The van der Waals surface area contributed by atoms with Crippen molar-refractivity contribution in [1.29, 1.82) is 0 Å². The Bertz CT molecular complexity index is 1030. The van der Waals surface area contributed by atoms with Gasteiger partial charge in [-0.05, 0) is 68.5 Å². The highest BCUT2D eigenvalue weighted by Crippen LogP contribution is 2.29. The summed E-state index contributed by atoms with van der Waals surface area (Å²) in [6.07, 6.45) is 4.36. The zero-order chi connectivity index (χ0) is 23.5. The molecule has 0 bridgehead atoms. The number of amides is 2. The van der Waals surface area contributed by atoms with E-state index < -0.39 is 0 Å². The SMILES string of the molecule is Cc1ccccc1C(=O)Nc1cc(F)cc(CN2CCN(C(=O)C3CCCC3)[C@@H](C)C2)c1C. The number of anilines is 1. The molecule has 1 heterocycles. The molecule has 0 radical (unpaired) electrons. The van der Waals surface area contributed by atoms with Crippen LogP contribution in [0.2, 0.25) is 0 Å². The van der Waals surface area contributed by atoms with Crippen LogP contribution in [0, 0.1) is 25.6 Å². The molecule has 0 spiro atoms. The van der Waals surface area contributed by atoms with Gasteiger partial charge in [0.1, 0.15) is 5.82 Å². The summed E-state index contributed by atoms with van der Waals surface area (Å²) in [4.78, 5) is 30.0. The van der Waals surface area contributed by atoms with Crippen LogP contribution in [0.1, 0.15) is 59.7 Å². The number of hydrogen-bond acceptors (Lipinski definition) is 3. The van der Waals surface area contributed by atoms with Crippen molar-refractivity contribution < 1.29 is 14.0 Å². The number of carbonyl (C=O) groups is 2. The summed E-state index contributed by atoms with van der Waals surface area (Å²) in [5.74, 6) is -0.0918. The molecule has 33 heavy (non-hydrogen) atoms. The highest BCUT2D eigenvalue weighted by atomic mass is 19.1. The number of carbonyl (C=O) groups excluding carboxylic acids is 2. The van der Waals surface area contributed by atoms with Crippen LogP contribution in [0.15, 0.2) is 36.4 Å². The number of piperazine rings is 1. The van der Waals surface area contributed by atoms with Crippen molar-refractivity contribution in [2.45, 2.75) is 59.0 Å². The largest absolute Gasteiger partial charge is 0.337 e. The molecule has 176 valence electrons. The van der Waals surface area contributed by atoms with Gasteiger partial charge < -0.3 is 10.2 Å². The average molecular weight is 452 g/mol. The first kappa shape index (κ1) is 23.4. The summed E-state index contributed by atoms with van der Waals surface area (Å²) >= 11 is 0. The Hall–Kier alpha value is -2.73. The molecule has 2 amide bonds. The van der Waals surface area contributed by atoms with E-state index in [1.54, 1.807) is 12.1 Å². The monoisotopic (exact) mass is 451 g/mol. The van der Waals surface area contributed by atoms with Gasteiger partial charge in [0.2, 0.25) is 5.91 Å². The van der Waals surface area contributed by atoms with Gasteiger partial charge >= 0.3 is 0 Å². The maximum Gasteiger partial charge on any atom is 0.255 e. The fraction of sp³-hybridized carbons (Fsp3) is 0.481. The molecule has 1 saturated heterocycles. The number of benzene rings is 2. The van der Waals surface area contributed by atoms with Gasteiger partial charge in [0.05, 0.1) is 0 Å². The van der Waals surface area contributed by atoms with Crippen LogP contribution in [0.4, 0.5) is 10.1 Å². The molecular formula is C27H34FN3O2. The molecule has 2 aliphatic rings. The summed E-state index contributed by atoms with van der Waals surface area (Å²) in [6, 6.07) is 10.4. The zero-order valence-electron chi connectivity index (χ0n) is 19.9. The first-order valence-electron chi connectivity index (χ1n) is 12.0. The van der Waals surface area contributed by atoms with Crippen molar-refractivity contribution in [1.82, 2.24) is 9.80 Å². The van der Waals surface area contributed by atoms with Crippen molar-refractivity contribution in [3.05, 3.63) is 64.5 Å². The minimum Gasteiger partial charge on any atom is -0.337 e. The van der Waals surface area contributed by atoms with Crippen molar-refractivity contribution in [3.8, 4) is 0 Å².